The van der Waals surface area contributed by atoms with Crippen molar-refractivity contribution in [2.24, 2.45) is 0 Å². The first kappa shape index (κ1) is 15.7. The van der Waals surface area contributed by atoms with E-state index in [4.69, 9.17) is 19.6 Å². The maximum Gasteiger partial charge on any atom is 0.369 e. The molecule has 0 spiro atoms. The zero-order chi connectivity index (χ0) is 13.3. The van der Waals surface area contributed by atoms with Gasteiger partial charge in [-0.15, -0.1) is 0 Å². The lowest BCUT2D eigenvalue weighted by molar-refractivity contribution is 0.128. The van der Waals surface area contributed by atoms with Crippen LogP contribution in [0, 0.1) is 0 Å². The van der Waals surface area contributed by atoms with E-state index < -0.39 is 26.7 Å². The first-order valence-electron chi connectivity index (χ1n) is 5.06. The zero-order valence-corrected chi connectivity index (χ0v) is 11.7. The lowest BCUT2D eigenvalue weighted by atomic mass is 10.4. The fourth-order valence-electron chi connectivity index (χ4n) is 1.66. The Balaban J connectivity index is 2.78. The quantitative estimate of drug-likeness (QED) is 0.350. The van der Waals surface area contributed by atoms with Crippen LogP contribution in [-0.4, -0.2) is 47.0 Å². The molecule has 7 nitrogen and oxygen atoms in total. The molecular formula is C7H17O7P2S+. The molecule has 102 valence electrons. The van der Waals surface area contributed by atoms with Crippen molar-refractivity contribution in [3.63, 3.8) is 0 Å². The second kappa shape index (κ2) is 5.31. The van der Waals surface area contributed by atoms with Crippen LogP contribution in [-0.2, 0) is 20.0 Å². The van der Waals surface area contributed by atoms with Crippen LogP contribution in [0.4, 0.5) is 0 Å². The molecule has 0 aliphatic carbocycles. The Labute approximate surface area is 102 Å². The topological polar surface area (TPSA) is 135 Å². The predicted molar refractivity (Wildman–Crippen MR) is 64.9 cm³/mol. The second-order valence-electron chi connectivity index (χ2n) is 4.04. The number of hydrogen-bond acceptors (Lipinski definition) is 3. The summed E-state index contributed by atoms with van der Waals surface area (Å²) >= 11 is 0. The van der Waals surface area contributed by atoms with Crippen molar-refractivity contribution in [2.75, 3.05) is 17.3 Å². The van der Waals surface area contributed by atoms with E-state index in [2.05, 4.69) is 0 Å². The molecule has 0 aromatic heterocycles. The Morgan fingerprint density at radius 2 is 1.41 bits per heavy atom. The van der Waals surface area contributed by atoms with Crippen molar-refractivity contribution in [3.8, 4) is 0 Å². The van der Waals surface area contributed by atoms with Crippen molar-refractivity contribution in [3.05, 3.63) is 0 Å². The van der Waals surface area contributed by atoms with Crippen LogP contribution in [0.3, 0.4) is 0 Å². The van der Waals surface area contributed by atoms with Gasteiger partial charge >= 0.3 is 15.2 Å². The molecule has 0 bridgehead atoms. The minimum atomic E-state index is -5.27. The van der Waals surface area contributed by atoms with Gasteiger partial charge in [0.05, 0.1) is 0 Å². The molecule has 0 unspecified atom stereocenters. The molecule has 0 aromatic carbocycles. The van der Waals surface area contributed by atoms with Gasteiger partial charge in [0, 0.05) is 6.42 Å². The summed E-state index contributed by atoms with van der Waals surface area (Å²) in [5.41, 5.74) is 0. The molecular weight excluding hydrogens is 290 g/mol. The maximum atomic E-state index is 11.1. The normalized spacial score (nSPS) is 19.8. The standard InChI is InChI=1S/C7H16O7P2S/c8-7(15(9,10)11,16(12,13)14)3-6-17-4-1-2-5-17/h8H,1-6H2,(H3-,9,10,11,12,13,14)/p+1. The highest BCUT2D eigenvalue weighted by molar-refractivity contribution is 7.97. The van der Waals surface area contributed by atoms with Crippen LogP contribution < -0.4 is 0 Å². The minimum absolute atomic E-state index is 0.0901. The number of hydrogen-bond donors (Lipinski definition) is 5. The molecule has 0 aromatic rings. The summed E-state index contributed by atoms with van der Waals surface area (Å²) in [6.07, 6.45) is 1.48. The molecule has 1 rings (SSSR count). The highest BCUT2D eigenvalue weighted by Crippen LogP contribution is 2.69. The molecule has 1 heterocycles. The van der Waals surface area contributed by atoms with Crippen LogP contribution in [0.25, 0.3) is 0 Å². The average molecular weight is 307 g/mol. The lowest BCUT2D eigenvalue weighted by Crippen LogP contribution is -2.31. The fraction of sp³-hybridized carbons (Fsp3) is 1.00. The number of rotatable bonds is 5. The third kappa shape index (κ3) is 3.55. The molecule has 0 atom stereocenters. The van der Waals surface area contributed by atoms with E-state index in [-0.39, 0.29) is 16.6 Å². The summed E-state index contributed by atoms with van der Waals surface area (Å²) in [6, 6.07) is 0. The van der Waals surface area contributed by atoms with Crippen molar-refractivity contribution in [2.45, 2.75) is 24.3 Å². The average Bonchev–Trinajstić information content (AvgIpc) is 2.62. The van der Waals surface area contributed by atoms with Gasteiger partial charge < -0.3 is 24.7 Å². The van der Waals surface area contributed by atoms with Crippen LogP contribution >= 0.6 is 15.2 Å². The first-order valence-corrected chi connectivity index (χ1v) is 10.0. The second-order valence-corrected chi connectivity index (χ2v) is 10.5. The molecule has 1 saturated heterocycles. The van der Waals surface area contributed by atoms with Gasteiger partial charge in [-0.3, -0.25) is 9.13 Å². The molecule has 1 fully saturated rings. The Hall–Kier alpha value is 0.610. The van der Waals surface area contributed by atoms with Crippen molar-refractivity contribution in [1.29, 1.82) is 0 Å². The van der Waals surface area contributed by atoms with Crippen molar-refractivity contribution < 1.29 is 33.8 Å². The summed E-state index contributed by atoms with van der Waals surface area (Å²) in [5.74, 6) is 2.05. The minimum Gasteiger partial charge on any atom is -0.367 e. The third-order valence-electron chi connectivity index (χ3n) is 2.78. The summed E-state index contributed by atoms with van der Waals surface area (Å²) in [7, 11) is -10.6. The highest BCUT2D eigenvalue weighted by atomic mass is 32.2. The van der Waals surface area contributed by atoms with Crippen LogP contribution in [0.2, 0.25) is 0 Å². The van der Waals surface area contributed by atoms with Gasteiger partial charge in [-0.1, -0.05) is 0 Å². The molecule has 1 aliphatic heterocycles. The maximum absolute atomic E-state index is 11.1. The number of aliphatic hydroxyl groups is 1. The fourth-order valence-corrected chi connectivity index (χ4v) is 6.55. The molecule has 0 radical (unpaired) electrons. The molecule has 10 heteroatoms. The SMILES string of the molecule is O=P(O)(O)C(O)(CC[S+]1CCCC1)P(=O)(O)O. The van der Waals surface area contributed by atoms with E-state index in [1.54, 1.807) is 0 Å². The van der Waals surface area contributed by atoms with E-state index >= 15 is 0 Å². The smallest absolute Gasteiger partial charge is 0.367 e. The Kier molecular flexibility index (Phi) is 4.89. The highest BCUT2D eigenvalue weighted by Gasteiger charge is 2.59. The Bertz CT molecular complexity index is 333. The molecule has 17 heavy (non-hydrogen) atoms. The van der Waals surface area contributed by atoms with Gasteiger partial charge in [-0.05, 0) is 23.7 Å². The molecule has 1 aliphatic rings. The molecule has 0 amide bonds. The van der Waals surface area contributed by atoms with E-state index in [0.717, 1.165) is 24.3 Å². The van der Waals surface area contributed by atoms with Gasteiger partial charge in [0.2, 0.25) is 0 Å². The Morgan fingerprint density at radius 3 is 1.76 bits per heavy atom. The first-order chi connectivity index (χ1) is 7.58. The van der Waals surface area contributed by atoms with Crippen molar-refractivity contribution >= 4 is 26.1 Å². The van der Waals surface area contributed by atoms with Crippen LogP contribution in [0.1, 0.15) is 19.3 Å². The van der Waals surface area contributed by atoms with Crippen molar-refractivity contribution in [1.82, 2.24) is 0 Å². The van der Waals surface area contributed by atoms with Gasteiger partial charge in [0.1, 0.15) is 17.3 Å². The monoisotopic (exact) mass is 307 g/mol. The molecule has 0 saturated carbocycles. The lowest BCUT2D eigenvalue weighted by Gasteiger charge is -2.28. The summed E-state index contributed by atoms with van der Waals surface area (Å²) < 4.78 is 22.1. The summed E-state index contributed by atoms with van der Waals surface area (Å²) in [6.45, 7) is 0. The van der Waals surface area contributed by atoms with E-state index in [0.29, 0.717) is 0 Å². The third-order valence-corrected chi connectivity index (χ3v) is 9.17. The summed E-state index contributed by atoms with van der Waals surface area (Å²) in [4.78, 5) is 35.7. The van der Waals surface area contributed by atoms with E-state index in [1.807, 2.05) is 0 Å². The predicted octanol–water partition coefficient (Wildman–Crippen LogP) is -0.210. The van der Waals surface area contributed by atoms with E-state index in [1.165, 1.54) is 0 Å². The van der Waals surface area contributed by atoms with Gasteiger partial charge in [-0.2, -0.15) is 0 Å². The Morgan fingerprint density at radius 1 is 1.00 bits per heavy atom. The van der Waals surface area contributed by atoms with Gasteiger partial charge in [-0.25, -0.2) is 0 Å². The van der Waals surface area contributed by atoms with Crippen LogP contribution in [0.5, 0.6) is 0 Å². The zero-order valence-electron chi connectivity index (χ0n) is 9.10. The van der Waals surface area contributed by atoms with E-state index in [9.17, 15) is 14.2 Å². The summed E-state index contributed by atoms with van der Waals surface area (Å²) in [5, 5.41) is 6.40. The largest absolute Gasteiger partial charge is 0.369 e. The van der Waals surface area contributed by atoms with Gasteiger partial charge in [0.15, 0.2) is 0 Å². The van der Waals surface area contributed by atoms with Crippen LogP contribution in [0.15, 0.2) is 0 Å². The van der Waals surface area contributed by atoms with Gasteiger partial charge in [0.25, 0.3) is 5.08 Å². The molecule has 5 N–H and O–H groups in total.